The molecule has 0 aromatic heterocycles. The monoisotopic (exact) mass is 255 g/mol. The van der Waals surface area contributed by atoms with Gasteiger partial charge in [-0.15, -0.1) is 0 Å². The molecular weight excluding hydrogens is 230 g/mol. The van der Waals surface area contributed by atoms with Gasteiger partial charge in [0.2, 0.25) is 11.8 Å². The van der Waals surface area contributed by atoms with Gasteiger partial charge in [0, 0.05) is 12.6 Å². The lowest BCUT2D eigenvalue weighted by Crippen LogP contribution is -2.53. The second kappa shape index (κ2) is 6.73. The van der Waals surface area contributed by atoms with Crippen molar-refractivity contribution in [3.63, 3.8) is 0 Å². The van der Waals surface area contributed by atoms with Crippen LogP contribution < -0.4 is 11.5 Å². The van der Waals surface area contributed by atoms with Crippen molar-refractivity contribution >= 4 is 11.8 Å². The molecule has 0 spiro atoms. The number of primary amides is 1. The van der Waals surface area contributed by atoms with Crippen molar-refractivity contribution in [2.24, 2.45) is 17.4 Å². The fraction of sp³-hybridized carbons (Fsp3) is 0.846. The van der Waals surface area contributed by atoms with E-state index in [1.165, 1.54) is 0 Å². The molecule has 1 rings (SSSR count). The standard InChI is InChI=1S/C13H25N3O2/c1-3-4-5-11(14)13(18)16-8-10(12(15)17)7-6-9(16)2/h9-11H,3-8,14H2,1-2H3,(H2,15,17). The molecular formula is C13H25N3O2. The molecule has 0 aromatic carbocycles. The number of rotatable bonds is 5. The third-order valence-corrected chi connectivity index (χ3v) is 3.75. The highest BCUT2D eigenvalue weighted by molar-refractivity contribution is 5.83. The second-order valence-corrected chi connectivity index (χ2v) is 5.26. The Bertz CT molecular complexity index is 307. The zero-order chi connectivity index (χ0) is 13.7. The minimum Gasteiger partial charge on any atom is -0.369 e. The van der Waals surface area contributed by atoms with Gasteiger partial charge in [-0.3, -0.25) is 9.59 Å². The Kier molecular flexibility index (Phi) is 5.59. The molecule has 1 heterocycles. The summed E-state index contributed by atoms with van der Waals surface area (Å²) in [6, 6.07) is -0.292. The molecule has 0 bridgehead atoms. The number of likely N-dealkylation sites (tertiary alicyclic amines) is 1. The summed E-state index contributed by atoms with van der Waals surface area (Å²) in [7, 11) is 0. The number of carbonyl (C=O) groups excluding carboxylic acids is 2. The van der Waals surface area contributed by atoms with Crippen LogP contribution in [-0.2, 0) is 9.59 Å². The normalized spacial score (nSPS) is 25.8. The number of hydrogen-bond acceptors (Lipinski definition) is 3. The van der Waals surface area contributed by atoms with Gasteiger partial charge in [0.05, 0.1) is 12.0 Å². The molecule has 1 aliphatic rings. The van der Waals surface area contributed by atoms with Gasteiger partial charge in [-0.2, -0.15) is 0 Å². The van der Waals surface area contributed by atoms with Crippen LogP contribution in [0.5, 0.6) is 0 Å². The molecule has 18 heavy (non-hydrogen) atoms. The molecule has 3 atom stereocenters. The molecule has 3 unspecified atom stereocenters. The summed E-state index contributed by atoms with van der Waals surface area (Å²) in [4.78, 5) is 25.2. The number of hydrogen-bond donors (Lipinski definition) is 2. The topological polar surface area (TPSA) is 89.4 Å². The average Bonchev–Trinajstić information content (AvgIpc) is 2.35. The molecule has 0 aliphatic carbocycles. The van der Waals surface area contributed by atoms with Crippen molar-refractivity contribution in [3.05, 3.63) is 0 Å². The molecule has 4 N–H and O–H groups in total. The highest BCUT2D eigenvalue weighted by Crippen LogP contribution is 2.22. The van der Waals surface area contributed by atoms with E-state index in [9.17, 15) is 9.59 Å². The molecule has 104 valence electrons. The van der Waals surface area contributed by atoms with Gasteiger partial charge in [-0.05, 0) is 26.2 Å². The molecule has 0 radical (unpaired) electrons. The van der Waals surface area contributed by atoms with Gasteiger partial charge in [0.15, 0.2) is 0 Å². The summed E-state index contributed by atoms with van der Waals surface area (Å²) in [5, 5.41) is 0. The van der Waals surface area contributed by atoms with E-state index in [1.54, 1.807) is 4.90 Å². The minimum absolute atomic E-state index is 0.0399. The minimum atomic E-state index is -0.445. The van der Waals surface area contributed by atoms with Crippen LogP contribution in [0.25, 0.3) is 0 Å². The number of unbranched alkanes of at least 4 members (excludes halogenated alkanes) is 1. The van der Waals surface area contributed by atoms with Gasteiger partial charge in [0.1, 0.15) is 0 Å². The second-order valence-electron chi connectivity index (χ2n) is 5.26. The maximum absolute atomic E-state index is 12.2. The Balaban J connectivity index is 2.61. The summed E-state index contributed by atoms with van der Waals surface area (Å²) in [5.74, 6) is -0.577. The molecule has 0 saturated carbocycles. The van der Waals surface area contributed by atoms with Crippen LogP contribution in [0.2, 0.25) is 0 Å². The maximum atomic E-state index is 12.2. The zero-order valence-corrected chi connectivity index (χ0v) is 11.4. The molecule has 2 amide bonds. The molecule has 1 aliphatic heterocycles. The van der Waals surface area contributed by atoms with E-state index in [-0.39, 0.29) is 23.8 Å². The van der Waals surface area contributed by atoms with Gasteiger partial charge < -0.3 is 16.4 Å². The lowest BCUT2D eigenvalue weighted by Gasteiger charge is -2.38. The van der Waals surface area contributed by atoms with Crippen LogP contribution in [0.4, 0.5) is 0 Å². The lowest BCUT2D eigenvalue weighted by atomic mass is 9.92. The quantitative estimate of drug-likeness (QED) is 0.754. The highest BCUT2D eigenvalue weighted by atomic mass is 16.2. The summed E-state index contributed by atoms with van der Waals surface area (Å²) in [6.45, 7) is 4.50. The number of piperidine rings is 1. The van der Waals surface area contributed by atoms with Crippen LogP contribution in [-0.4, -0.2) is 35.3 Å². The van der Waals surface area contributed by atoms with Gasteiger partial charge >= 0.3 is 0 Å². The average molecular weight is 255 g/mol. The summed E-state index contributed by atoms with van der Waals surface area (Å²) in [6.07, 6.45) is 4.28. The van der Waals surface area contributed by atoms with Crippen LogP contribution >= 0.6 is 0 Å². The van der Waals surface area contributed by atoms with Crippen LogP contribution in [0.3, 0.4) is 0 Å². The largest absolute Gasteiger partial charge is 0.369 e. The predicted octanol–water partition coefficient (Wildman–Crippen LogP) is 0.616. The summed E-state index contributed by atoms with van der Waals surface area (Å²) >= 11 is 0. The SMILES string of the molecule is CCCCC(N)C(=O)N1CC(C(N)=O)CCC1C. The Morgan fingerprint density at radius 3 is 2.61 bits per heavy atom. The van der Waals surface area contributed by atoms with E-state index in [2.05, 4.69) is 6.92 Å². The van der Waals surface area contributed by atoms with Crippen molar-refractivity contribution in [1.82, 2.24) is 4.90 Å². The van der Waals surface area contributed by atoms with E-state index in [0.29, 0.717) is 13.0 Å². The maximum Gasteiger partial charge on any atom is 0.239 e. The van der Waals surface area contributed by atoms with Gasteiger partial charge in [-0.1, -0.05) is 19.8 Å². The number of amides is 2. The van der Waals surface area contributed by atoms with Gasteiger partial charge in [0.25, 0.3) is 0 Å². The van der Waals surface area contributed by atoms with E-state index in [4.69, 9.17) is 11.5 Å². The Hall–Kier alpha value is -1.10. The van der Waals surface area contributed by atoms with Crippen LogP contribution in [0.15, 0.2) is 0 Å². The molecule has 1 fully saturated rings. The fourth-order valence-corrected chi connectivity index (χ4v) is 2.41. The van der Waals surface area contributed by atoms with Crippen LogP contribution in [0, 0.1) is 5.92 Å². The van der Waals surface area contributed by atoms with Crippen molar-refractivity contribution < 1.29 is 9.59 Å². The smallest absolute Gasteiger partial charge is 0.239 e. The zero-order valence-electron chi connectivity index (χ0n) is 11.4. The number of carbonyl (C=O) groups is 2. The number of nitrogens with zero attached hydrogens (tertiary/aromatic N) is 1. The first-order valence-corrected chi connectivity index (χ1v) is 6.82. The summed E-state index contributed by atoms with van der Waals surface area (Å²) < 4.78 is 0. The predicted molar refractivity (Wildman–Crippen MR) is 70.6 cm³/mol. The Morgan fingerprint density at radius 1 is 1.39 bits per heavy atom. The molecule has 5 nitrogen and oxygen atoms in total. The van der Waals surface area contributed by atoms with E-state index < -0.39 is 6.04 Å². The Morgan fingerprint density at radius 2 is 2.06 bits per heavy atom. The van der Waals surface area contributed by atoms with E-state index in [0.717, 1.165) is 25.7 Å². The van der Waals surface area contributed by atoms with E-state index in [1.807, 2.05) is 6.92 Å². The Labute approximate surface area is 109 Å². The first kappa shape index (κ1) is 15.0. The van der Waals surface area contributed by atoms with E-state index >= 15 is 0 Å². The molecule has 0 aromatic rings. The first-order valence-electron chi connectivity index (χ1n) is 6.82. The summed E-state index contributed by atoms with van der Waals surface area (Å²) in [5.41, 5.74) is 11.2. The van der Waals surface area contributed by atoms with Crippen molar-refractivity contribution in [1.29, 1.82) is 0 Å². The van der Waals surface area contributed by atoms with Gasteiger partial charge in [-0.25, -0.2) is 0 Å². The van der Waals surface area contributed by atoms with Crippen molar-refractivity contribution in [3.8, 4) is 0 Å². The first-order chi connectivity index (χ1) is 8.47. The molecule has 5 heteroatoms. The van der Waals surface area contributed by atoms with Crippen molar-refractivity contribution in [2.45, 2.75) is 58.0 Å². The lowest BCUT2D eigenvalue weighted by molar-refractivity contribution is -0.139. The fourth-order valence-electron chi connectivity index (χ4n) is 2.41. The van der Waals surface area contributed by atoms with Crippen LogP contribution in [0.1, 0.15) is 46.0 Å². The number of nitrogens with two attached hydrogens (primary N) is 2. The third-order valence-electron chi connectivity index (χ3n) is 3.75. The third kappa shape index (κ3) is 3.70. The van der Waals surface area contributed by atoms with Crippen molar-refractivity contribution in [2.75, 3.05) is 6.54 Å². The molecule has 1 saturated heterocycles. The highest BCUT2D eigenvalue weighted by Gasteiger charge is 2.33.